The molecule has 2 aromatic carbocycles. The van der Waals surface area contributed by atoms with Crippen LogP contribution in [0.5, 0.6) is 5.75 Å². The molecule has 1 N–H and O–H groups in total. The smallest absolute Gasteiger partial charge is 0.243 e. The van der Waals surface area contributed by atoms with Gasteiger partial charge in [-0.1, -0.05) is 36.4 Å². The largest absolute Gasteiger partial charge is 0.497 e. The van der Waals surface area contributed by atoms with Crippen molar-refractivity contribution in [3.8, 4) is 5.75 Å². The summed E-state index contributed by atoms with van der Waals surface area (Å²) >= 11 is 0. The van der Waals surface area contributed by atoms with Gasteiger partial charge in [-0.05, 0) is 35.2 Å². The molecule has 1 aliphatic rings. The molecule has 0 spiro atoms. The van der Waals surface area contributed by atoms with Crippen molar-refractivity contribution >= 4 is 11.8 Å². The molecule has 0 bridgehead atoms. The van der Waals surface area contributed by atoms with E-state index in [2.05, 4.69) is 5.32 Å². The van der Waals surface area contributed by atoms with Gasteiger partial charge in [-0.3, -0.25) is 9.59 Å². The summed E-state index contributed by atoms with van der Waals surface area (Å²) in [4.78, 5) is 26.4. The van der Waals surface area contributed by atoms with Gasteiger partial charge in [0.2, 0.25) is 11.8 Å². The Morgan fingerprint density at radius 2 is 1.81 bits per heavy atom. The first-order valence-electron chi connectivity index (χ1n) is 8.83. The Kier molecular flexibility index (Phi) is 5.56. The Morgan fingerprint density at radius 1 is 1.12 bits per heavy atom. The third-order valence-corrected chi connectivity index (χ3v) is 4.83. The van der Waals surface area contributed by atoms with E-state index in [-0.39, 0.29) is 11.8 Å². The van der Waals surface area contributed by atoms with Gasteiger partial charge in [-0.2, -0.15) is 0 Å². The Bertz CT molecular complexity index is 786. The standard InChI is InChI=1S/C21H24N2O3/c1-15(24)23-14-18-6-4-3-5-17(18)13-20(23)21(25)22-12-11-16-7-9-19(26-2)10-8-16/h3-10,20H,11-14H2,1-2H3,(H,22,25). The summed E-state index contributed by atoms with van der Waals surface area (Å²) in [6, 6.07) is 15.3. The molecule has 136 valence electrons. The van der Waals surface area contributed by atoms with Crippen LogP contribution in [0.4, 0.5) is 0 Å². The van der Waals surface area contributed by atoms with Crippen molar-refractivity contribution in [3.05, 3.63) is 65.2 Å². The van der Waals surface area contributed by atoms with Gasteiger partial charge in [-0.25, -0.2) is 0 Å². The van der Waals surface area contributed by atoms with Crippen molar-refractivity contribution in [1.82, 2.24) is 10.2 Å². The summed E-state index contributed by atoms with van der Waals surface area (Å²) in [5, 5.41) is 2.98. The van der Waals surface area contributed by atoms with Crippen LogP contribution in [0, 0.1) is 0 Å². The fourth-order valence-corrected chi connectivity index (χ4v) is 3.33. The lowest BCUT2D eigenvalue weighted by Gasteiger charge is -2.35. The minimum absolute atomic E-state index is 0.0743. The van der Waals surface area contributed by atoms with E-state index in [1.807, 2.05) is 48.5 Å². The van der Waals surface area contributed by atoms with Crippen LogP contribution in [0.3, 0.4) is 0 Å². The zero-order valence-corrected chi connectivity index (χ0v) is 15.2. The molecule has 0 saturated carbocycles. The van der Waals surface area contributed by atoms with Gasteiger partial charge >= 0.3 is 0 Å². The second kappa shape index (κ2) is 8.04. The second-order valence-corrected chi connectivity index (χ2v) is 6.52. The van der Waals surface area contributed by atoms with Crippen molar-refractivity contribution in [3.63, 3.8) is 0 Å². The van der Waals surface area contributed by atoms with E-state index in [1.165, 1.54) is 6.92 Å². The average molecular weight is 352 g/mol. The topological polar surface area (TPSA) is 58.6 Å². The molecule has 0 aliphatic carbocycles. The lowest BCUT2D eigenvalue weighted by Crippen LogP contribution is -2.52. The maximum atomic E-state index is 12.7. The molecule has 2 amide bonds. The van der Waals surface area contributed by atoms with E-state index in [1.54, 1.807) is 12.0 Å². The summed E-state index contributed by atoms with van der Waals surface area (Å²) in [6.07, 6.45) is 1.29. The van der Waals surface area contributed by atoms with Gasteiger partial charge in [0.15, 0.2) is 0 Å². The minimum Gasteiger partial charge on any atom is -0.497 e. The number of nitrogens with one attached hydrogen (secondary N) is 1. The molecular weight excluding hydrogens is 328 g/mol. The molecule has 26 heavy (non-hydrogen) atoms. The van der Waals surface area contributed by atoms with Gasteiger partial charge in [0, 0.05) is 26.4 Å². The predicted octanol–water partition coefficient (Wildman–Crippen LogP) is 2.33. The molecule has 5 heteroatoms. The molecule has 0 fully saturated rings. The van der Waals surface area contributed by atoms with Crippen LogP contribution >= 0.6 is 0 Å². The van der Waals surface area contributed by atoms with Crippen LogP contribution < -0.4 is 10.1 Å². The van der Waals surface area contributed by atoms with E-state index in [0.29, 0.717) is 19.5 Å². The summed E-state index contributed by atoms with van der Waals surface area (Å²) in [5.74, 6) is 0.647. The first-order valence-corrected chi connectivity index (χ1v) is 8.83. The van der Waals surface area contributed by atoms with E-state index >= 15 is 0 Å². The Morgan fingerprint density at radius 3 is 2.46 bits per heavy atom. The summed E-state index contributed by atoms with van der Waals surface area (Å²) in [7, 11) is 1.64. The maximum absolute atomic E-state index is 12.7. The Hall–Kier alpha value is -2.82. The fourth-order valence-electron chi connectivity index (χ4n) is 3.33. The number of carbonyl (C=O) groups excluding carboxylic acids is 2. The number of nitrogens with zero attached hydrogens (tertiary/aromatic N) is 1. The summed E-state index contributed by atoms with van der Waals surface area (Å²) < 4.78 is 5.15. The zero-order chi connectivity index (χ0) is 18.5. The molecule has 3 rings (SSSR count). The normalized spacial score (nSPS) is 15.9. The number of methoxy groups -OCH3 is 1. The van der Waals surface area contributed by atoms with Crippen molar-refractivity contribution in [1.29, 1.82) is 0 Å². The predicted molar refractivity (Wildman–Crippen MR) is 99.9 cm³/mol. The molecule has 0 radical (unpaired) electrons. The molecular formula is C21H24N2O3. The van der Waals surface area contributed by atoms with Crippen LogP contribution in [-0.2, 0) is 29.0 Å². The van der Waals surface area contributed by atoms with Crippen LogP contribution in [0.2, 0.25) is 0 Å². The highest BCUT2D eigenvalue weighted by Crippen LogP contribution is 2.23. The third kappa shape index (κ3) is 4.04. The zero-order valence-electron chi connectivity index (χ0n) is 15.2. The molecule has 0 aromatic heterocycles. The number of amides is 2. The van der Waals surface area contributed by atoms with Crippen LogP contribution in [0.25, 0.3) is 0 Å². The highest BCUT2D eigenvalue weighted by atomic mass is 16.5. The lowest BCUT2D eigenvalue weighted by molar-refractivity contribution is -0.140. The first-order chi connectivity index (χ1) is 12.6. The first kappa shape index (κ1) is 18.0. The SMILES string of the molecule is COc1ccc(CCNC(=O)C2Cc3ccccc3CN2C(C)=O)cc1. The third-order valence-electron chi connectivity index (χ3n) is 4.83. The number of benzene rings is 2. The molecule has 2 aromatic rings. The molecule has 1 aliphatic heterocycles. The van der Waals surface area contributed by atoms with Crippen molar-refractivity contribution < 1.29 is 14.3 Å². The maximum Gasteiger partial charge on any atom is 0.243 e. The van der Waals surface area contributed by atoms with E-state index in [9.17, 15) is 9.59 Å². The van der Waals surface area contributed by atoms with E-state index in [4.69, 9.17) is 4.74 Å². The minimum atomic E-state index is -0.446. The van der Waals surface area contributed by atoms with Crippen molar-refractivity contribution in [2.75, 3.05) is 13.7 Å². The van der Waals surface area contributed by atoms with Crippen molar-refractivity contribution in [2.45, 2.75) is 32.4 Å². The molecule has 1 atom stereocenters. The van der Waals surface area contributed by atoms with Gasteiger partial charge in [0.1, 0.15) is 11.8 Å². The van der Waals surface area contributed by atoms with Crippen LogP contribution in [-0.4, -0.2) is 36.4 Å². The van der Waals surface area contributed by atoms with Crippen LogP contribution in [0.15, 0.2) is 48.5 Å². The van der Waals surface area contributed by atoms with Gasteiger partial charge in [-0.15, -0.1) is 0 Å². The molecule has 1 unspecified atom stereocenters. The molecule has 0 saturated heterocycles. The Balaban J connectivity index is 1.61. The monoisotopic (exact) mass is 352 g/mol. The summed E-state index contributed by atoms with van der Waals surface area (Å²) in [5.41, 5.74) is 3.38. The van der Waals surface area contributed by atoms with Crippen LogP contribution in [0.1, 0.15) is 23.6 Å². The Labute approximate surface area is 154 Å². The quantitative estimate of drug-likeness (QED) is 0.898. The number of hydrogen-bond donors (Lipinski definition) is 1. The van der Waals surface area contributed by atoms with Crippen molar-refractivity contribution in [2.24, 2.45) is 0 Å². The van der Waals surface area contributed by atoms with Gasteiger partial charge < -0.3 is 15.0 Å². The molecule has 5 nitrogen and oxygen atoms in total. The number of fused-ring (bicyclic) bond motifs is 1. The summed E-state index contributed by atoms with van der Waals surface area (Å²) in [6.45, 7) is 2.54. The number of hydrogen-bond acceptors (Lipinski definition) is 3. The fraction of sp³-hybridized carbons (Fsp3) is 0.333. The number of ether oxygens (including phenoxy) is 1. The number of carbonyl (C=O) groups is 2. The average Bonchev–Trinajstić information content (AvgIpc) is 2.67. The highest BCUT2D eigenvalue weighted by Gasteiger charge is 2.32. The van der Waals surface area contributed by atoms with Gasteiger partial charge in [0.05, 0.1) is 7.11 Å². The van der Waals surface area contributed by atoms with Gasteiger partial charge in [0.25, 0.3) is 0 Å². The second-order valence-electron chi connectivity index (χ2n) is 6.52. The molecule has 1 heterocycles. The van der Waals surface area contributed by atoms with E-state index < -0.39 is 6.04 Å². The highest BCUT2D eigenvalue weighted by molar-refractivity contribution is 5.87. The van der Waals surface area contributed by atoms with E-state index in [0.717, 1.165) is 28.9 Å². The number of rotatable bonds is 5. The lowest BCUT2D eigenvalue weighted by atomic mass is 9.93.